The van der Waals surface area contributed by atoms with Gasteiger partial charge < -0.3 is 15.2 Å². The molecule has 0 atom stereocenters. The van der Waals surface area contributed by atoms with Gasteiger partial charge in [0.25, 0.3) is 0 Å². The van der Waals surface area contributed by atoms with Gasteiger partial charge in [0.05, 0.1) is 6.33 Å². The van der Waals surface area contributed by atoms with Crippen LogP contribution in [0.15, 0.2) is 49.3 Å². The fourth-order valence-corrected chi connectivity index (χ4v) is 3.27. The molecule has 3 aromatic heterocycles. The smallest absolute Gasteiger partial charge is 0.210 e. The quantitative estimate of drug-likeness (QED) is 0.532. The Kier molecular flexibility index (Phi) is 3.96. The molecule has 142 valence electrons. The van der Waals surface area contributed by atoms with Crippen molar-refractivity contribution in [1.29, 1.82) is 0 Å². The number of anilines is 3. The first-order valence-corrected chi connectivity index (χ1v) is 9.54. The highest BCUT2D eigenvalue weighted by atomic mass is 15.3. The van der Waals surface area contributed by atoms with E-state index in [4.69, 9.17) is 4.98 Å². The summed E-state index contributed by atoms with van der Waals surface area (Å²) in [5.41, 5.74) is 3.67. The molecule has 1 saturated carbocycles. The molecule has 0 amide bonds. The maximum atomic E-state index is 4.83. The van der Waals surface area contributed by atoms with Crippen LogP contribution in [0.25, 0.3) is 16.9 Å². The Hall–Kier alpha value is -3.42. The van der Waals surface area contributed by atoms with Crippen molar-refractivity contribution >= 4 is 28.6 Å². The Morgan fingerprint density at radius 1 is 1.11 bits per heavy atom. The van der Waals surface area contributed by atoms with E-state index in [-0.39, 0.29) is 6.04 Å². The van der Waals surface area contributed by atoms with Crippen molar-refractivity contribution in [1.82, 2.24) is 29.1 Å². The summed E-state index contributed by atoms with van der Waals surface area (Å²) in [6.45, 7) is 4.26. The third kappa shape index (κ3) is 3.06. The van der Waals surface area contributed by atoms with Crippen LogP contribution >= 0.6 is 0 Å². The lowest BCUT2D eigenvalue weighted by Crippen LogP contribution is -2.07. The Morgan fingerprint density at radius 3 is 2.61 bits per heavy atom. The first-order chi connectivity index (χ1) is 13.7. The van der Waals surface area contributed by atoms with Crippen LogP contribution < -0.4 is 10.6 Å². The zero-order valence-corrected chi connectivity index (χ0v) is 15.9. The van der Waals surface area contributed by atoms with E-state index < -0.39 is 0 Å². The minimum Gasteiger partial charge on any atom is -0.365 e. The summed E-state index contributed by atoms with van der Waals surface area (Å²) < 4.78 is 4.08. The maximum Gasteiger partial charge on any atom is 0.210 e. The maximum absolute atomic E-state index is 4.83. The van der Waals surface area contributed by atoms with Gasteiger partial charge in [0.1, 0.15) is 6.33 Å². The highest BCUT2D eigenvalue weighted by molar-refractivity contribution is 5.86. The third-order valence-electron chi connectivity index (χ3n) is 4.84. The Morgan fingerprint density at radius 2 is 1.93 bits per heavy atom. The van der Waals surface area contributed by atoms with Gasteiger partial charge in [0.15, 0.2) is 17.0 Å². The molecule has 0 unspecified atom stereocenters. The molecular weight excluding hydrogens is 352 g/mol. The molecule has 0 aliphatic heterocycles. The average Bonchev–Trinajstić information content (AvgIpc) is 3.18. The minimum absolute atomic E-state index is 0.210. The third-order valence-corrected chi connectivity index (χ3v) is 4.84. The molecule has 3 heterocycles. The van der Waals surface area contributed by atoms with Gasteiger partial charge in [-0.2, -0.15) is 0 Å². The second kappa shape index (κ2) is 6.63. The first-order valence-electron chi connectivity index (χ1n) is 9.54. The molecule has 8 heteroatoms. The van der Waals surface area contributed by atoms with Crippen LogP contribution in [-0.4, -0.2) is 35.1 Å². The van der Waals surface area contributed by atoms with Crippen molar-refractivity contribution in [2.24, 2.45) is 0 Å². The van der Waals surface area contributed by atoms with Gasteiger partial charge in [-0.15, -0.1) is 0 Å². The van der Waals surface area contributed by atoms with Gasteiger partial charge in [-0.3, -0.25) is 4.57 Å². The normalized spacial score (nSPS) is 14.0. The molecule has 2 N–H and O–H groups in total. The van der Waals surface area contributed by atoms with Gasteiger partial charge >= 0.3 is 0 Å². The lowest BCUT2D eigenvalue weighted by Gasteiger charge is -2.14. The molecule has 1 aliphatic carbocycles. The highest BCUT2D eigenvalue weighted by Gasteiger charge is 2.24. The van der Waals surface area contributed by atoms with E-state index in [0.717, 1.165) is 34.3 Å². The van der Waals surface area contributed by atoms with Crippen LogP contribution in [0, 0.1) is 0 Å². The summed E-state index contributed by atoms with van der Waals surface area (Å²) in [6.07, 6.45) is 9.46. The molecular formula is C20H22N8. The van der Waals surface area contributed by atoms with Crippen LogP contribution in [0.2, 0.25) is 0 Å². The zero-order valence-electron chi connectivity index (χ0n) is 15.9. The number of imidazole rings is 2. The molecule has 1 aliphatic rings. The van der Waals surface area contributed by atoms with Gasteiger partial charge in [0.2, 0.25) is 5.95 Å². The molecule has 0 spiro atoms. The van der Waals surface area contributed by atoms with E-state index in [1.54, 1.807) is 18.9 Å². The highest BCUT2D eigenvalue weighted by Crippen LogP contribution is 2.31. The molecule has 0 bridgehead atoms. The molecule has 8 nitrogen and oxygen atoms in total. The monoisotopic (exact) mass is 374 g/mol. The largest absolute Gasteiger partial charge is 0.365 e. The van der Waals surface area contributed by atoms with Crippen molar-refractivity contribution in [2.45, 2.75) is 38.8 Å². The number of fused-ring (bicyclic) bond motifs is 1. The van der Waals surface area contributed by atoms with Crippen LogP contribution in [0.5, 0.6) is 0 Å². The average molecular weight is 374 g/mol. The van der Waals surface area contributed by atoms with Crippen LogP contribution in [0.3, 0.4) is 0 Å². The molecule has 0 radical (unpaired) electrons. The van der Waals surface area contributed by atoms with Crippen LogP contribution in [0.4, 0.5) is 17.5 Å². The van der Waals surface area contributed by atoms with E-state index in [2.05, 4.69) is 44.0 Å². The molecule has 28 heavy (non-hydrogen) atoms. The summed E-state index contributed by atoms with van der Waals surface area (Å²) in [5.74, 6) is 1.57. The van der Waals surface area contributed by atoms with Gasteiger partial charge in [-0.1, -0.05) is 0 Å². The first kappa shape index (κ1) is 16.7. The van der Waals surface area contributed by atoms with Crippen molar-refractivity contribution in [3.8, 4) is 5.69 Å². The predicted octanol–water partition coefficient (Wildman–Crippen LogP) is 3.91. The lowest BCUT2D eigenvalue weighted by molar-refractivity contribution is 0.620. The minimum atomic E-state index is 0.210. The fourth-order valence-electron chi connectivity index (χ4n) is 3.27. The molecule has 5 rings (SSSR count). The summed E-state index contributed by atoms with van der Waals surface area (Å²) in [4.78, 5) is 17.8. The zero-order chi connectivity index (χ0) is 19.1. The van der Waals surface area contributed by atoms with Gasteiger partial charge in [-0.25, -0.2) is 19.9 Å². The molecule has 1 fully saturated rings. The number of nitrogens with zero attached hydrogens (tertiary/aromatic N) is 6. The van der Waals surface area contributed by atoms with Gasteiger partial charge in [-0.05, 0) is 51.0 Å². The number of benzene rings is 1. The molecule has 1 aromatic carbocycles. The number of hydrogen-bond donors (Lipinski definition) is 2. The fraction of sp³-hybridized carbons (Fsp3) is 0.300. The van der Waals surface area contributed by atoms with Crippen molar-refractivity contribution < 1.29 is 0 Å². The Bertz CT molecular complexity index is 1090. The van der Waals surface area contributed by atoms with E-state index >= 15 is 0 Å². The second-order valence-electron chi connectivity index (χ2n) is 7.35. The second-order valence-corrected chi connectivity index (χ2v) is 7.35. The van der Waals surface area contributed by atoms with E-state index in [1.165, 1.54) is 12.8 Å². The molecule has 0 saturated heterocycles. The van der Waals surface area contributed by atoms with Crippen molar-refractivity contribution in [3.05, 3.63) is 49.3 Å². The Balaban J connectivity index is 1.50. The predicted molar refractivity (Wildman–Crippen MR) is 109 cm³/mol. The number of aromatic nitrogens is 6. The summed E-state index contributed by atoms with van der Waals surface area (Å²) in [6, 6.07) is 8.89. The lowest BCUT2D eigenvalue weighted by atomic mass is 10.3. The Labute approximate surface area is 162 Å². The van der Waals surface area contributed by atoms with Crippen molar-refractivity contribution in [3.63, 3.8) is 0 Å². The van der Waals surface area contributed by atoms with Crippen LogP contribution in [0.1, 0.15) is 32.7 Å². The summed E-state index contributed by atoms with van der Waals surface area (Å²) in [7, 11) is 0. The van der Waals surface area contributed by atoms with Gasteiger partial charge in [0, 0.05) is 35.9 Å². The standard InChI is InChI=1S/C20H22N8/c1-13(2)28-19-17(18(22-11-23-19)24-14-3-4-14)26-20(28)25-15-5-7-16(8-6-15)27-10-9-21-12-27/h5-14H,3-4H2,1-2H3,(H,25,26)(H,22,23,24). The van der Waals surface area contributed by atoms with E-state index in [9.17, 15) is 0 Å². The van der Waals surface area contributed by atoms with Crippen LogP contribution in [-0.2, 0) is 0 Å². The van der Waals surface area contributed by atoms with E-state index in [0.29, 0.717) is 6.04 Å². The SMILES string of the molecule is CC(C)n1c(Nc2ccc(-n3ccnc3)cc2)nc2c(NC3CC3)ncnc21. The number of hydrogen-bond acceptors (Lipinski definition) is 6. The molecule has 4 aromatic rings. The number of nitrogens with one attached hydrogen (secondary N) is 2. The van der Waals surface area contributed by atoms with Crippen molar-refractivity contribution in [2.75, 3.05) is 10.6 Å². The topological polar surface area (TPSA) is 85.5 Å². The van der Waals surface area contributed by atoms with E-state index in [1.807, 2.05) is 35.0 Å². The number of rotatable bonds is 6. The summed E-state index contributed by atoms with van der Waals surface area (Å²) >= 11 is 0. The summed E-state index contributed by atoms with van der Waals surface area (Å²) in [5, 5.41) is 6.91.